The van der Waals surface area contributed by atoms with Crippen molar-refractivity contribution in [2.24, 2.45) is 0 Å². The van der Waals surface area contributed by atoms with Crippen molar-refractivity contribution in [1.82, 2.24) is 10.3 Å². The molecule has 0 amide bonds. The summed E-state index contributed by atoms with van der Waals surface area (Å²) in [5.74, 6) is 0.607. The Morgan fingerprint density at radius 3 is 2.69 bits per heavy atom. The smallest absolute Gasteiger partial charge is 0.107 e. The van der Waals surface area contributed by atoms with E-state index in [2.05, 4.69) is 31.1 Å². The number of hydrogen-bond donors (Lipinski definition) is 1. The van der Waals surface area contributed by atoms with Gasteiger partial charge in [0.05, 0.1) is 0 Å². The summed E-state index contributed by atoms with van der Waals surface area (Å²) in [4.78, 5) is 5.89. The summed E-state index contributed by atoms with van der Waals surface area (Å²) in [5.41, 5.74) is 0.434. The number of nitrogens with one attached hydrogen (secondary N) is 1. The summed E-state index contributed by atoms with van der Waals surface area (Å²) in [6, 6.07) is 0. The molecule has 1 fully saturated rings. The monoisotopic (exact) mass is 238 g/mol. The summed E-state index contributed by atoms with van der Waals surface area (Å²) in [6.07, 6.45) is 7.34. The second-order valence-corrected chi connectivity index (χ2v) is 6.30. The normalized spacial score (nSPS) is 18.8. The van der Waals surface area contributed by atoms with Gasteiger partial charge in [-0.2, -0.15) is 0 Å². The molecule has 16 heavy (non-hydrogen) atoms. The van der Waals surface area contributed by atoms with Gasteiger partial charge in [-0.3, -0.25) is 0 Å². The van der Waals surface area contributed by atoms with Crippen LogP contribution in [0.1, 0.15) is 62.3 Å². The van der Waals surface area contributed by atoms with Gasteiger partial charge in [-0.15, -0.1) is 11.3 Å². The molecule has 1 aliphatic carbocycles. The molecule has 1 aromatic heterocycles. The van der Waals surface area contributed by atoms with Crippen LogP contribution in [0.25, 0.3) is 0 Å². The highest BCUT2D eigenvalue weighted by atomic mass is 32.1. The second-order valence-electron chi connectivity index (χ2n) is 5.15. The number of rotatable bonds is 5. The molecule has 1 heterocycles. The quantitative estimate of drug-likeness (QED) is 0.846. The molecule has 0 spiro atoms. The van der Waals surface area contributed by atoms with Crippen molar-refractivity contribution in [3.63, 3.8) is 0 Å². The first-order valence-electron chi connectivity index (χ1n) is 6.35. The van der Waals surface area contributed by atoms with Crippen molar-refractivity contribution in [2.45, 2.75) is 64.5 Å². The lowest BCUT2D eigenvalue weighted by atomic mass is 9.75. The highest BCUT2D eigenvalue weighted by Crippen LogP contribution is 2.35. The fourth-order valence-corrected chi connectivity index (χ4v) is 3.06. The van der Waals surface area contributed by atoms with E-state index in [1.165, 1.54) is 35.6 Å². The highest BCUT2D eigenvalue weighted by molar-refractivity contribution is 7.11. The van der Waals surface area contributed by atoms with E-state index < -0.39 is 0 Å². The van der Waals surface area contributed by atoms with E-state index >= 15 is 0 Å². The van der Waals surface area contributed by atoms with Crippen LogP contribution in [-0.2, 0) is 6.54 Å². The average Bonchev–Trinajstić information content (AvgIpc) is 2.65. The Labute approximate surface area is 102 Å². The standard InChI is InChI=1S/C13H22N2S/c1-4-13(6-5-7-13)15-9-12-14-8-11(16-12)10(2)3/h8,10,15H,4-7,9H2,1-3H3. The molecule has 0 saturated heterocycles. The number of hydrogen-bond acceptors (Lipinski definition) is 3. The summed E-state index contributed by atoms with van der Waals surface area (Å²) in [6.45, 7) is 7.69. The SMILES string of the molecule is CCC1(NCc2ncc(C(C)C)s2)CCC1. The molecule has 1 N–H and O–H groups in total. The highest BCUT2D eigenvalue weighted by Gasteiger charge is 2.34. The van der Waals surface area contributed by atoms with E-state index in [1.807, 2.05) is 17.5 Å². The lowest BCUT2D eigenvalue weighted by Gasteiger charge is -2.42. The third-order valence-electron chi connectivity index (χ3n) is 3.74. The fourth-order valence-electron chi connectivity index (χ4n) is 2.20. The minimum Gasteiger partial charge on any atom is -0.305 e. The van der Waals surface area contributed by atoms with Crippen molar-refractivity contribution in [1.29, 1.82) is 0 Å². The van der Waals surface area contributed by atoms with Gasteiger partial charge in [0, 0.05) is 23.2 Å². The summed E-state index contributed by atoms with van der Waals surface area (Å²) in [5, 5.41) is 4.94. The van der Waals surface area contributed by atoms with Crippen LogP contribution in [0.3, 0.4) is 0 Å². The molecular formula is C13H22N2S. The Balaban J connectivity index is 1.89. The van der Waals surface area contributed by atoms with Crippen molar-refractivity contribution < 1.29 is 0 Å². The van der Waals surface area contributed by atoms with Crippen LogP contribution in [-0.4, -0.2) is 10.5 Å². The van der Waals surface area contributed by atoms with Crippen molar-refractivity contribution >= 4 is 11.3 Å². The molecule has 1 aromatic rings. The molecule has 0 radical (unpaired) electrons. The zero-order valence-corrected chi connectivity index (χ0v) is 11.4. The first-order valence-corrected chi connectivity index (χ1v) is 7.16. The molecule has 0 atom stereocenters. The molecule has 1 aliphatic rings. The molecule has 3 heteroatoms. The lowest BCUT2D eigenvalue weighted by Crippen LogP contribution is -2.49. The van der Waals surface area contributed by atoms with E-state index in [9.17, 15) is 0 Å². The second kappa shape index (κ2) is 4.84. The Morgan fingerprint density at radius 2 is 2.25 bits per heavy atom. The Hall–Kier alpha value is -0.410. The maximum absolute atomic E-state index is 4.49. The summed E-state index contributed by atoms with van der Waals surface area (Å²) < 4.78 is 0. The molecule has 90 valence electrons. The van der Waals surface area contributed by atoms with E-state index in [-0.39, 0.29) is 0 Å². The maximum atomic E-state index is 4.49. The van der Waals surface area contributed by atoms with Gasteiger partial charge in [0.1, 0.15) is 5.01 Å². The Kier molecular flexibility index (Phi) is 3.65. The van der Waals surface area contributed by atoms with Crippen LogP contribution >= 0.6 is 11.3 Å². The largest absolute Gasteiger partial charge is 0.305 e. The van der Waals surface area contributed by atoms with E-state index in [1.54, 1.807) is 0 Å². The third-order valence-corrected chi connectivity index (χ3v) is 5.04. The number of aromatic nitrogens is 1. The molecule has 0 unspecified atom stereocenters. The van der Waals surface area contributed by atoms with E-state index in [4.69, 9.17) is 0 Å². The van der Waals surface area contributed by atoms with Crippen LogP contribution in [0.4, 0.5) is 0 Å². The minimum absolute atomic E-state index is 0.434. The van der Waals surface area contributed by atoms with Crippen molar-refractivity contribution in [3.05, 3.63) is 16.1 Å². The molecule has 1 saturated carbocycles. The predicted octanol–water partition coefficient (Wildman–Crippen LogP) is 3.69. The number of nitrogens with zero attached hydrogens (tertiary/aromatic N) is 1. The summed E-state index contributed by atoms with van der Waals surface area (Å²) in [7, 11) is 0. The lowest BCUT2D eigenvalue weighted by molar-refractivity contribution is 0.175. The van der Waals surface area contributed by atoms with Gasteiger partial charge in [-0.05, 0) is 31.6 Å². The van der Waals surface area contributed by atoms with E-state index in [0.29, 0.717) is 11.5 Å². The Bertz CT molecular complexity index is 334. The van der Waals surface area contributed by atoms with Gasteiger partial charge >= 0.3 is 0 Å². The fraction of sp³-hybridized carbons (Fsp3) is 0.769. The predicted molar refractivity (Wildman–Crippen MR) is 69.9 cm³/mol. The zero-order valence-electron chi connectivity index (χ0n) is 10.5. The van der Waals surface area contributed by atoms with E-state index in [0.717, 1.165) is 6.54 Å². The van der Waals surface area contributed by atoms with Crippen LogP contribution in [0.2, 0.25) is 0 Å². The molecule has 0 bridgehead atoms. The van der Waals surface area contributed by atoms with Crippen LogP contribution in [0.15, 0.2) is 6.20 Å². The molecule has 2 rings (SSSR count). The van der Waals surface area contributed by atoms with Crippen LogP contribution in [0.5, 0.6) is 0 Å². The molecule has 2 nitrogen and oxygen atoms in total. The molecule has 0 aliphatic heterocycles. The van der Waals surface area contributed by atoms with Crippen LogP contribution < -0.4 is 5.32 Å². The third kappa shape index (κ3) is 2.46. The molecule has 0 aromatic carbocycles. The topological polar surface area (TPSA) is 24.9 Å². The van der Waals surface area contributed by atoms with Crippen molar-refractivity contribution in [3.8, 4) is 0 Å². The van der Waals surface area contributed by atoms with Crippen molar-refractivity contribution in [2.75, 3.05) is 0 Å². The van der Waals surface area contributed by atoms with Gasteiger partial charge in [0.25, 0.3) is 0 Å². The minimum atomic E-state index is 0.434. The number of thiazole rings is 1. The maximum Gasteiger partial charge on any atom is 0.107 e. The zero-order chi connectivity index (χ0) is 11.6. The summed E-state index contributed by atoms with van der Waals surface area (Å²) >= 11 is 1.85. The Morgan fingerprint density at radius 1 is 1.50 bits per heavy atom. The molecular weight excluding hydrogens is 216 g/mol. The van der Waals surface area contributed by atoms with Crippen LogP contribution in [0, 0.1) is 0 Å². The van der Waals surface area contributed by atoms with Gasteiger partial charge in [-0.25, -0.2) is 4.98 Å². The van der Waals surface area contributed by atoms with Gasteiger partial charge in [-0.1, -0.05) is 20.8 Å². The van der Waals surface area contributed by atoms with Gasteiger partial charge < -0.3 is 5.32 Å². The van der Waals surface area contributed by atoms with Gasteiger partial charge in [0.15, 0.2) is 0 Å². The first-order chi connectivity index (χ1) is 7.65. The first kappa shape index (κ1) is 12.1. The van der Waals surface area contributed by atoms with Gasteiger partial charge in [0.2, 0.25) is 0 Å². The average molecular weight is 238 g/mol.